The Bertz CT molecular complexity index is 239. The van der Waals surface area contributed by atoms with Crippen LogP contribution < -0.4 is 0 Å². The highest BCUT2D eigenvalue weighted by Crippen LogP contribution is 2.31. The molecule has 2 aliphatic carbocycles. The molecule has 0 radical (unpaired) electrons. The summed E-state index contributed by atoms with van der Waals surface area (Å²) in [6.07, 6.45) is 9.18. The molecule has 2 rings (SSSR count). The van der Waals surface area contributed by atoms with Gasteiger partial charge in [-0.1, -0.05) is 19.3 Å². The van der Waals surface area contributed by atoms with Gasteiger partial charge in [-0.05, 0) is 38.6 Å². The molecule has 2 fully saturated rings. The number of hydrogen-bond acceptors (Lipinski definition) is 2. The maximum atomic E-state index is 9.14. The standard InChI is InChI=1S/C13H22N2/c1-15(10-11-5-4-6-11)13-8-3-2-7-12(13)9-14/h11-13H,2-8,10H2,1H3. The summed E-state index contributed by atoms with van der Waals surface area (Å²) in [7, 11) is 2.22. The summed E-state index contributed by atoms with van der Waals surface area (Å²) in [5.74, 6) is 1.22. The quantitative estimate of drug-likeness (QED) is 0.710. The zero-order valence-electron chi connectivity index (χ0n) is 9.78. The zero-order valence-corrected chi connectivity index (χ0v) is 9.78. The van der Waals surface area contributed by atoms with Crippen molar-refractivity contribution >= 4 is 0 Å². The first kappa shape index (κ1) is 11.0. The van der Waals surface area contributed by atoms with Gasteiger partial charge in [-0.25, -0.2) is 0 Å². The third-order valence-corrected chi connectivity index (χ3v) is 4.23. The van der Waals surface area contributed by atoms with Crippen LogP contribution >= 0.6 is 0 Å². The van der Waals surface area contributed by atoms with E-state index in [2.05, 4.69) is 18.0 Å². The molecule has 0 bridgehead atoms. The molecule has 0 aromatic rings. The second-order valence-electron chi connectivity index (χ2n) is 5.32. The van der Waals surface area contributed by atoms with E-state index in [9.17, 15) is 0 Å². The van der Waals surface area contributed by atoms with Crippen molar-refractivity contribution in [1.29, 1.82) is 5.26 Å². The van der Waals surface area contributed by atoms with Gasteiger partial charge in [0, 0.05) is 12.6 Å². The number of hydrogen-bond donors (Lipinski definition) is 0. The first-order valence-electron chi connectivity index (χ1n) is 6.41. The molecule has 0 N–H and O–H groups in total. The van der Waals surface area contributed by atoms with E-state index in [4.69, 9.17) is 5.26 Å². The number of rotatable bonds is 3. The predicted molar refractivity (Wildman–Crippen MR) is 61.3 cm³/mol. The average molecular weight is 206 g/mol. The Hall–Kier alpha value is -0.550. The maximum Gasteiger partial charge on any atom is 0.0672 e. The van der Waals surface area contributed by atoms with Crippen molar-refractivity contribution in [2.75, 3.05) is 13.6 Å². The molecule has 0 heterocycles. The van der Waals surface area contributed by atoms with Crippen LogP contribution in [0.1, 0.15) is 44.9 Å². The fraction of sp³-hybridized carbons (Fsp3) is 0.923. The fourth-order valence-electron chi connectivity index (χ4n) is 3.01. The summed E-state index contributed by atoms with van der Waals surface area (Å²) < 4.78 is 0. The highest BCUT2D eigenvalue weighted by molar-refractivity contribution is 4.95. The Morgan fingerprint density at radius 2 is 1.87 bits per heavy atom. The minimum Gasteiger partial charge on any atom is -0.302 e. The molecular formula is C13H22N2. The van der Waals surface area contributed by atoms with E-state index in [0.29, 0.717) is 12.0 Å². The molecule has 0 aromatic carbocycles. The van der Waals surface area contributed by atoms with E-state index in [-0.39, 0.29) is 0 Å². The van der Waals surface area contributed by atoms with Gasteiger partial charge < -0.3 is 4.90 Å². The molecular weight excluding hydrogens is 184 g/mol. The third kappa shape index (κ3) is 2.52. The van der Waals surface area contributed by atoms with Crippen molar-refractivity contribution < 1.29 is 0 Å². The van der Waals surface area contributed by atoms with E-state index in [1.54, 1.807) is 0 Å². The number of nitrogens with zero attached hydrogens (tertiary/aromatic N) is 2. The summed E-state index contributed by atoms with van der Waals surface area (Å²) in [4.78, 5) is 2.47. The van der Waals surface area contributed by atoms with Crippen LogP contribution in [0.4, 0.5) is 0 Å². The highest BCUT2D eigenvalue weighted by atomic mass is 15.1. The molecule has 0 amide bonds. The van der Waals surface area contributed by atoms with Crippen molar-refractivity contribution in [3.8, 4) is 6.07 Å². The lowest BCUT2D eigenvalue weighted by molar-refractivity contribution is 0.114. The molecule has 0 aromatic heterocycles. The van der Waals surface area contributed by atoms with Crippen LogP contribution in [-0.2, 0) is 0 Å². The summed E-state index contributed by atoms with van der Waals surface area (Å²) in [6.45, 7) is 1.23. The molecule has 0 spiro atoms. The number of nitriles is 1. The largest absolute Gasteiger partial charge is 0.302 e. The zero-order chi connectivity index (χ0) is 10.7. The first-order chi connectivity index (χ1) is 7.31. The van der Waals surface area contributed by atoms with E-state index in [1.165, 1.54) is 45.1 Å². The van der Waals surface area contributed by atoms with E-state index < -0.39 is 0 Å². The van der Waals surface area contributed by atoms with Crippen molar-refractivity contribution in [1.82, 2.24) is 4.90 Å². The minimum absolute atomic E-state index is 0.295. The van der Waals surface area contributed by atoms with Gasteiger partial charge in [0.2, 0.25) is 0 Å². The fourth-order valence-corrected chi connectivity index (χ4v) is 3.01. The van der Waals surface area contributed by atoms with Gasteiger partial charge in [-0.15, -0.1) is 0 Å². The predicted octanol–water partition coefficient (Wildman–Crippen LogP) is 2.80. The van der Waals surface area contributed by atoms with E-state index in [0.717, 1.165) is 12.3 Å². The van der Waals surface area contributed by atoms with Gasteiger partial charge in [0.15, 0.2) is 0 Å². The van der Waals surface area contributed by atoms with Gasteiger partial charge >= 0.3 is 0 Å². The molecule has 0 saturated heterocycles. The molecule has 0 aliphatic heterocycles. The van der Waals surface area contributed by atoms with Crippen LogP contribution in [0, 0.1) is 23.2 Å². The lowest BCUT2D eigenvalue weighted by Crippen LogP contribution is -2.42. The van der Waals surface area contributed by atoms with E-state index >= 15 is 0 Å². The Balaban J connectivity index is 1.85. The summed E-state index contributed by atoms with van der Waals surface area (Å²) in [6, 6.07) is 3.05. The smallest absolute Gasteiger partial charge is 0.0672 e. The minimum atomic E-state index is 0.295. The molecule has 84 valence electrons. The molecule has 2 heteroatoms. The average Bonchev–Trinajstić information content (AvgIpc) is 2.23. The Labute approximate surface area is 93.3 Å². The van der Waals surface area contributed by atoms with Crippen molar-refractivity contribution in [2.24, 2.45) is 11.8 Å². The third-order valence-electron chi connectivity index (χ3n) is 4.23. The van der Waals surface area contributed by atoms with Gasteiger partial charge in [0.05, 0.1) is 12.0 Å². The maximum absolute atomic E-state index is 9.14. The lowest BCUT2D eigenvalue weighted by atomic mass is 9.81. The molecule has 2 nitrogen and oxygen atoms in total. The molecule has 15 heavy (non-hydrogen) atoms. The second kappa shape index (κ2) is 4.99. The van der Waals surface area contributed by atoms with Gasteiger partial charge in [0.25, 0.3) is 0 Å². The van der Waals surface area contributed by atoms with Crippen molar-refractivity contribution in [3.63, 3.8) is 0 Å². The van der Waals surface area contributed by atoms with Crippen LogP contribution in [0.15, 0.2) is 0 Å². The first-order valence-corrected chi connectivity index (χ1v) is 6.41. The van der Waals surface area contributed by atoms with Crippen LogP contribution in [0.25, 0.3) is 0 Å². The van der Waals surface area contributed by atoms with Crippen molar-refractivity contribution in [2.45, 2.75) is 51.0 Å². The van der Waals surface area contributed by atoms with Crippen LogP contribution in [0.3, 0.4) is 0 Å². The normalized spacial score (nSPS) is 32.3. The molecule has 2 atom stereocenters. The molecule has 2 aliphatic rings. The van der Waals surface area contributed by atoms with Crippen LogP contribution in [0.5, 0.6) is 0 Å². The van der Waals surface area contributed by atoms with Crippen molar-refractivity contribution in [3.05, 3.63) is 0 Å². The lowest BCUT2D eigenvalue weighted by Gasteiger charge is -2.38. The highest BCUT2D eigenvalue weighted by Gasteiger charge is 2.30. The summed E-state index contributed by atoms with van der Waals surface area (Å²) in [5, 5.41) is 9.14. The Kier molecular flexibility index (Phi) is 3.64. The summed E-state index contributed by atoms with van der Waals surface area (Å²) in [5.41, 5.74) is 0. The SMILES string of the molecule is CN(CC1CCC1)C1CCCCC1C#N. The van der Waals surface area contributed by atoms with Crippen LogP contribution in [-0.4, -0.2) is 24.5 Å². The van der Waals surface area contributed by atoms with Gasteiger partial charge in [-0.3, -0.25) is 0 Å². The molecule has 2 unspecified atom stereocenters. The monoisotopic (exact) mass is 206 g/mol. The second-order valence-corrected chi connectivity index (χ2v) is 5.32. The topological polar surface area (TPSA) is 27.0 Å². The molecule has 2 saturated carbocycles. The van der Waals surface area contributed by atoms with E-state index in [1.807, 2.05) is 0 Å². The summed E-state index contributed by atoms with van der Waals surface area (Å²) >= 11 is 0. The Morgan fingerprint density at radius 1 is 1.13 bits per heavy atom. The van der Waals surface area contributed by atoms with Gasteiger partial charge in [-0.2, -0.15) is 5.26 Å². The van der Waals surface area contributed by atoms with Gasteiger partial charge in [0.1, 0.15) is 0 Å². The Morgan fingerprint density at radius 3 is 2.47 bits per heavy atom. The van der Waals surface area contributed by atoms with Crippen LogP contribution in [0.2, 0.25) is 0 Å².